The molecule has 0 atom stereocenters. The Bertz CT molecular complexity index is 652. The van der Waals surface area contributed by atoms with Crippen LogP contribution in [0.15, 0.2) is 18.2 Å². The Morgan fingerprint density at radius 2 is 1.76 bits per heavy atom. The second kappa shape index (κ2) is 7.78. The topological polar surface area (TPSA) is 83.9 Å². The number of carbonyl (C=O) groups excluding carboxylic acids is 3. The molecular formula is C19H25NO5. The van der Waals surface area contributed by atoms with E-state index < -0.39 is 17.4 Å². The van der Waals surface area contributed by atoms with Crippen molar-refractivity contribution >= 4 is 17.7 Å². The van der Waals surface area contributed by atoms with E-state index in [1.54, 1.807) is 6.92 Å². The number of hydrogen-bond donors (Lipinski definition) is 1. The van der Waals surface area contributed by atoms with Gasteiger partial charge >= 0.3 is 5.97 Å². The summed E-state index contributed by atoms with van der Waals surface area (Å²) >= 11 is 0. The number of rotatable bonds is 5. The lowest BCUT2D eigenvalue weighted by Crippen LogP contribution is -2.58. The normalized spacial score (nSPS) is 16.4. The molecule has 0 bridgehead atoms. The van der Waals surface area contributed by atoms with Gasteiger partial charge in [-0.2, -0.15) is 0 Å². The molecule has 1 aromatic carbocycles. The number of hydroxylamine groups is 2. The number of esters is 1. The van der Waals surface area contributed by atoms with E-state index in [9.17, 15) is 19.6 Å². The van der Waals surface area contributed by atoms with Gasteiger partial charge in [0.25, 0.3) is 5.91 Å². The zero-order chi connectivity index (χ0) is 18.6. The second-order valence-electron chi connectivity index (χ2n) is 6.54. The molecule has 0 spiro atoms. The van der Waals surface area contributed by atoms with Crippen molar-refractivity contribution in [3.8, 4) is 0 Å². The van der Waals surface area contributed by atoms with Crippen molar-refractivity contribution in [1.29, 1.82) is 0 Å². The molecule has 1 N–H and O–H groups in total. The highest BCUT2D eigenvalue weighted by atomic mass is 16.6. The van der Waals surface area contributed by atoms with Crippen LogP contribution in [-0.4, -0.2) is 40.1 Å². The standard InChI is InChI=1S/C19H25NO5/c1-4-25-18(23)19(10-8-15(21)9-11-19)20(24)17(22)12-16-13(2)6-5-7-14(16)3/h5-7,24H,4,8-12H2,1-3H3. The first-order valence-electron chi connectivity index (χ1n) is 8.57. The summed E-state index contributed by atoms with van der Waals surface area (Å²) in [5.41, 5.74) is 1.26. The minimum absolute atomic E-state index is 0.00981. The molecule has 0 aliphatic heterocycles. The summed E-state index contributed by atoms with van der Waals surface area (Å²) in [6.07, 6.45) is 0.447. The molecule has 1 aliphatic rings. The molecule has 1 saturated carbocycles. The number of carbonyl (C=O) groups is 3. The number of ether oxygens (including phenoxy) is 1. The number of benzene rings is 1. The fourth-order valence-electron chi connectivity index (χ4n) is 3.30. The summed E-state index contributed by atoms with van der Waals surface area (Å²) in [6.45, 7) is 5.61. The van der Waals surface area contributed by atoms with E-state index >= 15 is 0 Å². The maximum Gasteiger partial charge on any atom is 0.334 e. The molecule has 6 heteroatoms. The van der Waals surface area contributed by atoms with Crippen molar-refractivity contribution in [2.24, 2.45) is 0 Å². The number of Topliss-reactive ketones (excluding diaryl/α,β-unsaturated/α-hetero) is 1. The third kappa shape index (κ3) is 3.90. The van der Waals surface area contributed by atoms with Gasteiger partial charge in [-0.15, -0.1) is 0 Å². The van der Waals surface area contributed by atoms with Crippen LogP contribution >= 0.6 is 0 Å². The third-order valence-corrected chi connectivity index (χ3v) is 4.90. The summed E-state index contributed by atoms with van der Waals surface area (Å²) in [6, 6.07) is 5.71. The van der Waals surface area contributed by atoms with E-state index in [1.165, 1.54) is 0 Å². The van der Waals surface area contributed by atoms with Crippen LogP contribution in [0.3, 0.4) is 0 Å². The molecular weight excluding hydrogens is 322 g/mol. The average Bonchev–Trinajstić information content (AvgIpc) is 2.58. The van der Waals surface area contributed by atoms with Gasteiger partial charge in [0.1, 0.15) is 5.78 Å². The number of ketones is 1. The highest BCUT2D eigenvalue weighted by molar-refractivity contribution is 5.91. The lowest BCUT2D eigenvalue weighted by molar-refractivity contribution is -0.212. The summed E-state index contributed by atoms with van der Waals surface area (Å²) < 4.78 is 5.08. The van der Waals surface area contributed by atoms with Crippen molar-refractivity contribution in [2.75, 3.05) is 6.61 Å². The molecule has 1 aliphatic carbocycles. The highest BCUT2D eigenvalue weighted by Crippen LogP contribution is 2.33. The van der Waals surface area contributed by atoms with Gasteiger partial charge in [-0.05, 0) is 50.3 Å². The number of aryl methyl sites for hydroxylation is 2. The van der Waals surface area contributed by atoms with Crippen LogP contribution in [0, 0.1) is 13.8 Å². The molecule has 0 radical (unpaired) electrons. The zero-order valence-corrected chi connectivity index (χ0v) is 15.0. The van der Waals surface area contributed by atoms with Gasteiger partial charge in [0.15, 0.2) is 5.54 Å². The molecule has 2 rings (SSSR count). The average molecular weight is 347 g/mol. The van der Waals surface area contributed by atoms with Crippen LogP contribution in [0.2, 0.25) is 0 Å². The van der Waals surface area contributed by atoms with Crippen molar-refractivity contribution in [3.05, 3.63) is 34.9 Å². The summed E-state index contributed by atoms with van der Waals surface area (Å²) in [5.74, 6) is -1.20. The van der Waals surface area contributed by atoms with E-state index in [1.807, 2.05) is 32.0 Å². The van der Waals surface area contributed by atoms with Gasteiger partial charge in [-0.3, -0.25) is 14.8 Å². The van der Waals surface area contributed by atoms with Gasteiger partial charge in [0, 0.05) is 12.8 Å². The Hall–Kier alpha value is -2.21. The van der Waals surface area contributed by atoms with Gasteiger partial charge in [0.05, 0.1) is 13.0 Å². The molecule has 0 heterocycles. The maximum absolute atomic E-state index is 12.7. The van der Waals surface area contributed by atoms with E-state index in [-0.39, 0.29) is 44.5 Å². The molecule has 25 heavy (non-hydrogen) atoms. The zero-order valence-electron chi connectivity index (χ0n) is 15.0. The van der Waals surface area contributed by atoms with Crippen molar-refractivity contribution in [3.63, 3.8) is 0 Å². The SMILES string of the molecule is CCOC(=O)C1(N(O)C(=O)Cc2c(C)cccc2C)CCC(=O)CC1. The summed E-state index contributed by atoms with van der Waals surface area (Å²) in [5, 5.41) is 11.1. The van der Waals surface area contributed by atoms with Gasteiger partial charge in [-0.1, -0.05) is 18.2 Å². The molecule has 0 unspecified atom stereocenters. The smallest absolute Gasteiger partial charge is 0.334 e. The first-order chi connectivity index (χ1) is 11.8. The van der Waals surface area contributed by atoms with Crippen molar-refractivity contribution in [2.45, 2.75) is 58.4 Å². The maximum atomic E-state index is 12.7. The Labute approximate surface area is 147 Å². The molecule has 1 fully saturated rings. The minimum Gasteiger partial charge on any atom is -0.464 e. The fraction of sp³-hybridized carbons (Fsp3) is 0.526. The van der Waals surface area contributed by atoms with Crippen molar-refractivity contribution in [1.82, 2.24) is 5.06 Å². The minimum atomic E-state index is -1.47. The molecule has 0 saturated heterocycles. The van der Waals surface area contributed by atoms with Gasteiger partial charge < -0.3 is 4.74 Å². The number of amides is 1. The van der Waals surface area contributed by atoms with E-state index in [0.29, 0.717) is 5.06 Å². The molecule has 0 aromatic heterocycles. The largest absolute Gasteiger partial charge is 0.464 e. The van der Waals surface area contributed by atoms with Crippen LogP contribution in [0.5, 0.6) is 0 Å². The number of nitrogens with zero attached hydrogens (tertiary/aromatic N) is 1. The quantitative estimate of drug-likeness (QED) is 0.503. The van der Waals surface area contributed by atoms with Gasteiger partial charge in [-0.25, -0.2) is 9.86 Å². The van der Waals surface area contributed by atoms with Gasteiger partial charge in [0.2, 0.25) is 0 Å². The molecule has 6 nitrogen and oxygen atoms in total. The second-order valence-corrected chi connectivity index (χ2v) is 6.54. The lowest BCUT2D eigenvalue weighted by Gasteiger charge is -2.39. The van der Waals surface area contributed by atoms with E-state index in [0.717, 1.165) is 16.7 Å². The first kappa shape index (κ1) is 19.1. The lowest BCUT2D eigenvalue weighted by atomic mass is 9.80. The summed E-state index contributed by atoms with van der Waals surface area (Å²) in [7, 11) is 0. The van der Waals surface area contributed by atoms with Crippen molar-refractivity contribution < 1.29 is 24.3 Å². The molecule has 1 aromatic rings. The molecule has 1 amide bonds. The Morgan fingerprint density at radius 1 is 1.20 bits per heavy atom. The van der Waals surface area contributed by atoms with E-state index in [2.05, 4.69) is 0 Å². The fourth-order valence-corrected chi connectivity index (χ4v) is 3.30. The Balaban J connectivity index is 2.26. The van der Waals surface area contributed by atoms with E-state index in [4.69, 9.17) is 4.74 Å². The predicted octanol–water partition coefficient (Wildman–Crippen LogP) is 2.51. The van der Waals surface area contributed by atoms with Crippen LogP contribution in [0.4, 0.5) is 0 Å². The first-order valence-corrected chi connectivity index (χ1v) is 8.57. The highest BCUT2D eigenvalue weighted by Gasteiger charge is 2.50. The summed E-state index contributed by atoms with van der Waals surface area (Å²) in [4.78, 5) is 36.7. The Kier molecular flexibility index (Phi) is 5.95. The van der Waals surface area contributed by atoms with Crippen LogP contribution in [0.1, 0.15) is 49.3 Å². The third-order valence-electron chi connectivity index (χ3n) is 4.90. The van der Waals surface area contributed by atoms with Crippen LogP contribution in [-0.2, 0) is 25.5 Å². The number of hydrogen-bond acceptors (Lipinski definition) is 5. The van der Waals surface area contributed by atoms with Crippen LogP contribution in [0.25, 0.3) is 0 Å². The predicted molar refractivity (Wildman–Crippen MR) is 91.1 cm³/mol. The molecule has 136 valence electrons. The monoisotopic (exact) mass is 347 g/mol. The Morgan fingerprint density at radius 3 is 2.28 bits per heavy atom. The van der Waals surface area contributed by atoms with Crippen LogP contribution < -0.4 is 0 Å².